The maximum Gasteiger partial charge on any atom is 0.236 e. The van der Waals surface area contributed by atoms with Gasteiger partial charge in [-0.15, -0.1) is 10.2 Å². The number of nitrogens with zero attached hydrogens (tertiary/aromatic N) is 4. The van der Waals surface area contributed by atoms with Crippen LogP contribution in [0.1, 0.15) is 19.1 Å². The quantitative estimate of drug-likeness (QED) is 0.561. The van der Waals surface area contributed by atoms with Gasteiger partial charge >= 0.3 is 0 Å². The molecule has 0 aliphatic rings. The maximum absolute atomic E-state index is 12.2. The number of hydrogen-bond acceptors (Lipinski definition) is 6. The minimum Gasteiger partial charge on any atom is -0.469 e. The van der Waals surface area contributed by atoms with Crippen LogP contribution in [-0.2, 0) is 11.3 Å². The van der Waals surface area contributed by atoms with Gasteiger partial charge in [-0.3, -0.25) is 4.79 Å². The van der Waals surface area contributed by atoms with E-state index >= 15 is 0 Å². The number of carbonyl (C=O) groups excluding carboxylic acids is 1. The van der Waals surface area contributed by atoms with Crippen LogP contribution in [0.15, 0.2) is 44.7 Å². The van der Waals surface area contributed by atoms with Crippen molar-refractivity contribution in [3.8, 4) is 11.4 Å². The highest BCUT2D eigenvalue weighted by molar-refractivity contribution is 9.10. The van der Waals surface area contributed by atoms with Crippen molar-refractivity contribution in [2.24, 2.45) is 0 Å². The summed E-state index contributed by atoms with van der Waals surface area (Å²) in [5, 5.41) is 12.0. The van der Waals surface area contributed by atoms with Crippen LogP contribution in [0, 0.1) is 6.92 Å². The van der Waals surface area contributed by atoms with Crippen LogP contribution < -0.4 is 5.32 Å². The third kappa shape index (κ3) is 4.34. The molecule has 3 aromatic heterocycles. The number of aromatic nitrogens is 4. The maximum atomic E-state index is 12.2. The molecule has 3 aromatic rings. The largest absolute Gasteiger partial charge is 0.469 e. The molecule has 3 heterocycles. The number of amides is 1. The standard InChI is InChI=1S/C17H18BrN5O2S/c1-3-7-23-16(13-6-8-25-11(13)2)21-22-17(23)26-10-15(24)20-14-5-4-12(18)9-19-14/h4-6,8-9H,3,7,10H2,1-2H3,(H,19,20,24). The molecule has 9 heteroatoms. The van der Waals surface area contributed by atoms with Crippen molar-refractivity contribution < 1.29 is 9.21 Å². The summed E-state index contributed by atoms with van der Waals surface area (Å²) in [4.78, 5) is 16.3. The lowest BCUT2D eigenvalue weighted by Gasteiger charge is -2.08. The van der Waals surface area contributed by atoms with Crippen molar-refractivity contribution in [3.05, 3.63) is 40.9 Å². The molecule has 0 unspecified atom stereocenters. The van der Waals surface area contributed by atoms with Crippen LogP contribution in [0.3, 0.4) is 0 Å². The van der Waals surface area contributed by atoms with Crippen LogP contribution in [-0.4, -0.2) is 31.4 Å². The highest BCUT2D eigenvalue weighted by Gasteiger charge is 2.18. The number of carbonyl (C=O) groups is 1. The van der Waals surface area contributed by atoms with Crippen LogP contribution in [0.2, 0.25) is 0 Å². The van der Waals surface area contributed by atoms with Crippen LogP contribution in [0.4, 0.5) is 5.82 Å². The Morgan fingerprint density at radius 3 is 2.85 bits per heavy atom. The molecule has 0 fully saturated rings. The normalized spacial score (nSPS) is 10.9. The first-order valence-electron chi connectivity index (χ1n) is 8.10. The summed E-state index contributed by atoms with van der Waals surface area (Å²) >= 11 is 4.67. The molecule has 3 rings (SSSR count). The number of pyridine rings is 1. The average Bonchev–Trinajstić information content (AvgIpc) is 3.21. The van der Waals surface area contributed by atoms with E-state index in [1.54, 1.807) is 18.5 Å². The summed E-state index contributed by atoms with van der Waals surface area (Å²) in [6.07, 6.45) is 4.21. The summed E-state index contributed by atoms with van der Waals surface area (Å²) in [6.45, 7) is 4.75. The van der Waals surface area contributed by atoms with Crippen molar-refractivity contribution >= 4 is 39.4 Å². The Morgan fingerprint density at radius 2 is 2.19 bits per heavy atom. The van der Waals surface area contributed by atoms with E-state index in [1.165, 1.54) is 11.8 Å². The summed E-state index contributed by atoms with van der Waals surface area (Å²) in [5.74, 6) is 2.16. The number of rotatable bonds is 7. The zero-order chi connectivity index (χ0) is 18.5. The van der Waals surface area contributed by atoms with Crippen LogP contribution in [0.5, 0.6) is 0 Å². The fourth-order valence-corrected chi connectivity index (χ4v) is 3.39. The summed E-state index contributed by atoms with van der Waals surface area (Å²) in [7, 11) is 0. The first-order chi connectivity index (χ1) is 12.6. The number of aryl methyl sites for hydroxylation is 1. The predicted molar refractivity (Wildman–Crippen MR) is 104 cm³/mol. The molecule has 1 N–H and O–H groups in total. The van der Waals surface area contributed by atoms with Gasteiger partial charge in [-0.25, -0.2) is 4.98 Å². The van der Waals surface area contributed by atoms with E-state index < -0.39 is 0 Å². The lowest BCUT2D eigenvalue weighted by atomic mass is 10.2. The van der Waals surface area contributed by atoms with E-state index in [2.05, 4.69) is 43.4 Å². The molecule has 0 atom stereocenters. The van der Waals surface area contributed by atoms with Gasteiger partial charge in [-0.05, 0) is 47.5 Å². The predicted octanol–water partition coefficient (Wildman–Crippen LogP) is 4.14. The summed E-state index contributed by atoms with van der Waals surface area (Å²) in [5.41, 5.74) is 0.918. The number of halogens is 1. The molecule has 0 saturated heterocycles. The van der Waals surface area contributed by atoms with Gasteiger partial charge in [0.05, 0.1) is 17.6 Å². The second-order valence-corrected chi connectivity index (χ2v) is 7.40. The zero-order valence-electron chi connectivity index (χ0n) is 14.4. The molecule has 136 valence electrons. The first kappa shape index (κ1) is 18.7. The second-order valence-electron chi connectivity index (χ2n) is 5.55. The van der Waals surface area contributed by atoms with Gasteiger partial charge in [0.25, 0.3) is 0 Å². The van der Waals surface area contributed by atoms with Gasteiger partial charge in [0, 0.05) is 17.2 Å². The molecule has 1 amide bonds. The molecule has 0 saturated carbocycles. The van der Waals surface area contributed by atoms with Gasteiger partial charge < -0.3 is 14.3 Å². The Kier molecular flexibility index (Phi) is 6.10. The number of hydrogen-bond donors (Lipinski definition) is 1. The average molecular weight is 436 g/mol. The van der Waals surface area contributed by atoms with Gasteiger partial charge in [0.1, 0.15) is 11.6 Å². The highest BCUT2D eigenvalue weighted by atomic mass is 79.9. The lowest BCUT2D eigenvalue weighted by molar-refractivity contribution is -0.113. The molecule has 0 bridgehead atoms. The van der Waals surface area contributed by atoms with Crippen LogP contribution in [0.25, 0.3) is 11.4 Å². The van der Waals surface area contributed by atoms with Crippen molar-refractivity contribution in [2.75, 3.05) is 11.1 Å². The summed E-state index contributed by atoms with van der Waals surface area (Å²) in [6, 6.07) is 5.45. The van der Waals surface area contributed by atoms with Gasteiger partial charge in [0.15, 0.2) is 11.0 Å². The van der Waals surface area contributed by atoms with Crippen LogP contribution >= 0.6 is 27.7 Å². The van der Waals surface area contributed by atoms with E-state index in [-0.39, 0.29) is 11.7 Å². The molecule has 0 radical (unpaired) electrons. The molecule has 0 aliphatic heterocycles. The van der Waals surface area contributed by atoms with E-state index in [1.807, 2.05) is 23.6 Å². The Morgan fingerprint density at radius 1 is 1.35 bits per heavy atom. The van der Waals surface area contributed by atoms with E-state index in [0.29, 0.717) is 11.0 Å². The molecule has 0 aromatic carbocycles. The highest BCUT2D eigenvalue weighted by Crippen LogP contribution is 2.27. The minimum absolute atomic E-state index is 0.142. The summed E-state index contributed by atoms with van der Waals surface area (Å²) < 4.78 is 8.25. The monoisotopic (exact) mass is 435 g/mol. The fourth-order valence-electron chi connectivity index (χ4n) is 2.40. The molecule has 0 spiro atoms. The fraction of sp³-hybridized carbons (Fsp3) is 0.294. The number of anilines is 1. The minimum atomic E-state index is -0.142. The van der Waals surface area contributed by atoms with E-state index in [9.17, 15) is 4.79 Å². The smallest absolute Gasteiger partial charge is 0.236 e. The molecular formula is C17H18BrN5O2S. The van der Waals surface area contributed by atoms with Crippen molar-refractivity contribution in [2.45, 2.75) is 32.0 Å². The topological polar surface area (TPSA) is 85.8 Å². The van der Waals surface area contributed by atoms with Gasteiger partial charge in [-0.2, -0.15) is 0 Å². The Balaban J connectivity index is 1.69. The first-order valence-corrected chi connectivity index (χ1v) is 9.88. The third-order valence-corrected chi connectivity index (χ3v) is 5.03. The SMILES string of the molecule is CCCn1c(SCC(=O)Nc2ccc(Br)cn2)nnc1-c1ccoc1C. The van der Waals surface area contributed by atoms with E-state index in [4.69, 9.17) is 4.42 Å². The molecule has 7 nitrogen and oxygen atoms in total. The Bertz CT molecular complexity index is 891. The lowest BCUT2D eigenvalue weighted by Crippen LogP contribution is -2.15. The van der Waals surface area contributed by atoms with E-state index in [0.717, 1.165) is 34.6 Å². The van der Waals surface area contributed by atoms with Crippen molar-refractivity contribution in [1.82, 2.24) is 19.7 Å². The van der Waals surface area contributed by atoms with Gasteiger partial charge in [-0.1, -0.05) is 18.7 Å². The third-order valence-electron chi connectivity index (χ3n) is 3.59. The number of nitrogens with one attached hydrogen (secondary N) is 1. The van der Waals surface area contributed by atoms with Gasteiger partial charge in [0.2, 0.25) is 5.91 Å². The number of furan rings is 1. The van der Waals surface area contributed by atoms with Crippen molar-refractivity contribution in [1.29, 1.82) is 0 Å². The molecular weight excluding hydrogens is 418 g/mol. The number of thioether (sulfide) groups is 1. The Hall–Kier alpha value is -2.13. The second kappa shape index (κ2) is 8.50. The zero-order valence-corrected chi connectivity index (χ0v) is 16.8. The van der Waals surface area contributed by atoms with Crippen molar-refractivity contribution in [3.63, 3.8) is 0 Å². The molecule has 0 aliphatic carbocycles. The Labute approximate surface area is 163 Å². The molecule has 26 heavy (non-hydrogen) atoms.